The lowest BCUT2D eigenvalue weighted by molar-refractivity contribution is 0.356. The normalized spacial score (nSPS) is 13.3. The third-order valence-electron chi connectivity index (χ3n) is 3.72. The monoisotopic (exact) mass is 339 g/mol. The van der Waals surface area contributed by atoms with Gasteiger partial charge >= 0.3 is 0 Å². The number of hydrogen-bond acceptors (Lipinski definition) is 2. The molecule has 0 saturated heterocycles. The summed E-state index contributed by atoms with van der Waals surface area (Å²) < 4.78 is 52.6. The van der Waals surface area contributed by atoms with Crippen molar-refractivity contribution in [3.05, 3.63) is 71.3 Å². The summed E-state index contributed by atoms with van der Waals surface area (Å²) in [4.78, 5) is 0. The Morgan fingerprint density at radius 2 is 1.43 bits per heavy atom. The highest BCUT2D eigenvalue weighted by Crippen LogP contribution is 2.25. The molecule has 0 amide bonds. The zero-order valence-electron chi connectivity index (χ0n) is 13.0. The van der Waals surface area contributed by atoms with E-state index in [9.17, 15) is 17.2 Å². The van der Waals surface area contributed by atoms with Gasteiger partial charge in [0.05, 0.1) is 5.75 Å². The lowest BCUT2D eigenvalue weighted by atomic mass is 10.1. The van der Waals surface area contributed by atoms with Gasteiger partial charge in [-0.2, -0.15) is 4.31 Å². The zero-order chi connectivity index (χ0) is 17.0. The maximum Gasteiger partial charge on any atom is 0.218 e. The van der Waals surface area contributed by atoms with Crippen LogP contribution in [0.2, 0.25) is 0 Å². The molecular weight excluding hydrogens is 320 g/mol. The summed E-state index contributed by atoms with van der Waals surface area (Å²) in [5.74, 6) is -0.969. The van der Waals surface area contributed by atoms with Crippen LogP contribution in [0, 0.1) is 11.6 Å². The fourth-order valence-electron chi connectivity index (χ4n) is 2.49. The van der Waals surface area contributed by atoms with Crippen molar-refractivity contribution in [3.63, 3.8) is 0 Å². The van der Waals surface area contributed by atoms with Gasteiger partial charge in [-0.3, -0.25) is 0 Å². The van der Waals surface area contributed by atoms with Gasteiger partial charge in [-0.15, -0.1) is 0 Å². The fraction of sp³-hybridized carbons (Fsp3) is 0.294. The molecule has 0 aliphatic rings. The standard InChI is InChI=1S/C17H19F2NO2S/c1-3-20(13(2)15-6-10-17(19)11-7-15)23(21,22)12-14-4-8-16(18)9-5-14/h4-11,13H,3,12H2,1-2H3. The number of rotatable bonds is 6. The van der Waals surface area contributed by atoms with Crippen molar-refractivity contribution in [1.29, 1.82) is 0 Å². The lowest BCUT2D eigenvalue weighted by Crippen LogP contribution is -2.34. The van der Waals surface area contributed by atoms with E-state index in [-0.39, 0.29) is 11.6 Å². The molecule has 6 heteroatoms. The Morgan fingerprint density at radius 1 is 0.957 bits per heavy atom. The Hall–Kier alpha value is -1.79. The Bertz CT molecular complexity index is 743. The molecule has 2 rings (SSSR count). The van der Waals surface area contributed by atoms with Crippen molar-refractivity contribution >= 4 is 10.0 Å². The number of benzene rings is 2. The molecule has 0 aliphatic carbocycles. The highest BCUT2D eigenvalue weighted by atomic mass is 32.2. The molecule has 1 unspecified atom stereocenters. The van der Waals surface area contributed by atoms with Gasteiger partial charge in [-0.1, -0.05) is 31.2 Å². The number of halogens is 2. The van der Waals surface area contributed by atoms with Crippen LogP contribution in [0.5, 0.6) is 0 Å². The second kappa shape index (κ2) is 7.19. The summed E-state index contributed by atoms with van der Waals surface area (Å²) >= 11 is 0. The predicted molar refractivity (Wildman–Crippen MR) is 86.2 cm³/mol. The highest BCUT2D eigenvalue weighted by molar-refractivity contribution is 7.88. The maximum atomic E-state index is 13.0. The van der Waals surface area contributed by atoms with Crippen molar-refractivity contribution in [2.24, 2.45) is 0 Å². The fourth-order valence-corrected chi connectivity index (χ4v) is 4.27. The summed E-state index contributed by atoms with van der Waals surface area (Å²) in [6.45, 7) is 3.81. The van der Waals surface area contributed by atoms with Crippen LogP contribution in [-0.2, 0) is 15.8 Å². The largest absolute Gasteiger partial charge is 0.218 e. The van der Waals surface area contributed by atoms with Gasteiger partial charge in [0, 0.05) is 12.6 Å². The van der Waals surface area contributed by atoms with Crippen LogP contribution >= 0.6 is 0 Å². The molecule has 2 aromatic rings. The molecule has 0 bridgehead atoms. The lowest BCUT2D eigenvalue weighted by Gasteiger charge is -2.27. The first-order valence-electron chi connectivity index (χ1n) is 7.33. The van der Waals surface area contributed by atoms with Crippen LogP contribution in [0.15, 0.2) is 48.5 Å². The Labute approximate surface area is 135 Å². The Balaban J connectivity index is 2.23. The molecule has 0 N–H and O–H groups in total. The van der Waals surface area contributed by atoms with Gasteiger partial charge < -0.3 is 0 Å². The minimum atomic E-state index is -3.58. The summed E-state index contributed by atoms with van der Waals surface area (Å²) in [5.41, 5.74) is 1.24. The third kappa shape index (κ3) is 4.36. The van der Waals surface area contributed by atoms with Gasteiger partial charge in [0.1, 0.15) is 11.6 Å². The van der Waals surface area contributed by atoms with E-state index < -0.39 is 21.9 Å². The number of sulfonamides is 1. The van der Waals surface area contributed by atoms with Gasteiger partial charge in [-0.05, 0) is 42.3 Å². The summed E-state index contributed by atoms with van der Waals surface area (Å²) in [6.07, 6.45) is 0. The van der Waals surface area contributed by atoms with E-state index in [0.29, 0.717) is 12.1 Å². The molecule has 124 valence electrons. The van der Waals surface area contributed by atoms with Crippen LogP contribution in [-0.4, -0.2) is 19.3 Å². The smallest absolute Gasteiger partial charge is 0.212 e. The first kappa shape index (κ1) is 17.6. The van der Waals surface area contributed by atoms with Crippen LogP contribution in [0.1, 0.15) is 31.0 Å². The topological polar surface area (TPSA) is 37.4 Å². The van der Waals surface area contributed by atoms with E-state index in [4.69, 9.17) is 0 Å². The minimum Gasteiger partial charge on any atom is -0.212 e. The molecule has 0 aliphatic heterocycles. The van der Waals surface area contributed by atoms with Gasteiger partial charge in [0.25, 0.3) is 0 Å². The van der Waals surface area contributed by atoms with Crippen molar-refractivity contribution < 1.29 is 17.2 Å². The molecule has 0 saturated carbocycles. The highest BCUT2D eigenvalue weighted by Gasteiger charge is 2.27. The summed E-state index contributed by atoms with van der Waals surface area (Å²) in [6, 6.07) is 10.8. The number of hydrogen-bond donors (Lipinski definition) is 0. The maximum absolute atomic E-state index is 13.0. The van der Waals surface area contributed by atoms with Crippen molar-refractivity contribution in [1.82, 2.24) is 4.31 Å². The molecular formula is C17H19F2NO2S. The minimum absolute atomic E-state index is 0.202. The molecule has 0 fully saturated rings. The second-order valence-corrected chi connectivity index (χ2v) is 7.24. The van der Waals surface area contributed by atoms with Crippen LogP contribution in [0.4, 0.5) is 8.78 Å². The molecule has 0 heterocycles. The Kier molecular flexibility index (Phi) is 5.49. The van der Waals surface area contributed by atoms with E-state index >= 15 is 0 Å². The number of nitrogens with zero attached hydrogens (tertiary/aromatic N) is 1. The van der Waals surface area contributed by atoms with E-state index in [0.717, 1.165) is 5.56 Å². The van der Waals surface area contributed by atoms with Crippen LogP contribution < -0.4 is 0 Å². The summed E-state index contributed by atoms with van der Waals surface area (Å²) in [5, 5.41) is 0. The first-order chi connectivity index (χ1) is 10.8. The molecule has 0 aromatic heterocycles. The predicted octanol–water partition coefficient (Wildman–Crippen LogP) is 3.88. The van der Waals surface area contributed by atoms with Gasteiger partial charge in [0.15, 0.2) is 0 Å². The average Bonchev–Trinajstić information content (AvgIpc) is 2.50. The van der Waals surface area contributed by atoms with Gasteiger partial charge in [0.2, 0.25) is 10.0 Å². The SMILES string of the molecule is CCN(C(C)c1ccc(F)cc1)S(=O)(=O)Cc1ccc(F)cc1. The molecule has 0 radical (unpaired) electrons. The summed E-state index contributed by atoms with van der Waals surface area (Å²) in [7, 11) is -3.58. The van der Waals surface area contributed by atoms with E-state index in [1.165, 1.54) is 40.7 Å². The van der Waals surface area contributed by atoms with Crippen LogP contribution in [0.25, 0.3) is 0 Å². The molecule has 2 aromatic carbocycles. The second-order valence-electron chi connectivity index (χ2n) is 5.31. The van der Waals surface area contributed by atoms with E-state index in [2.05, 4.69) is 0 Å². The van der Waals surface area contributed by atoms with Crippen molar-refractivity contribution in [3.8, 4) is 0 Å². The molecule has 1 atom stereocenters. The van der Waals surface area contributed by atoms with Crippen LogP contribution in [0.3, 0.4) is 0 Å². The van der Waals surface area contributed by atoms with Crippen molar-refractivity contribution in [2.75, 3.05) is 6.54 Å². The molecule has 0 spiro atoms. The zero-order valence-corrected chi connectivity index (χ0v) is 13.9. The average molecular weight is 339 g/mol. The quantitative estimate of drug-likeness (QED) is 0.801. The Morgan fingerprint density at radius 3 is 1.91 bits per heavy atom. The molecule has 23 heavy (non-hydrogen) atoms. The van der Waals surface area contributed by atoms with E-state index in [1.54, 1.807) is 26.0 Å². The van der Waals surface area contributed by atoms with Crippen molar-refractivity contribution in [2.45, 2.75) is 25.6 Å². The van der Waals surface area contributed by atoms with Gasteiger partial charge in [-0.25, -0.2) is 17.2 Å². The third-order valence-corrected chi connectivity index (χ3v) is 5.70. The first-order valence-corrected chi connectivity index (χ1v) is 8.94. The molecule has 3 nitrogen and oxygen atoms in total. The van der Waals surface area contributed by atoms with E-state index in [1.807, 2.05) is 0 Å².